The number of aryl methyl sites for hydroxylation is 1. The molecule has 0 saturated heterocycles. The highest BCUT2D eigenvalue weighted by Crippen LogP contribution is 2.26. The van der Waals surface area contributed by atoms with Crippen LogP contribution in [0.5, 0.6) is 5.75 Å². The lowest BCUT2D eigenvalue weighted by molar-refractivity contribution is 0.475. The van der Waals surface area contributed by atoms with Gasteiger partial charge in [-0.15, -0.1) is 0 Å². The van der Waals surface area contributed by atoms with Crippen molar-refractivity contribution in [1.29, 1.82) is 0 Å². The Balaban J connectivity index is 1.83. The highest BCUT2D eigenvalue weighted by atomic mass is 32.1. The van der Waals surface area contributed by atoms with Crippen LogP contribution in [0.1, 0.15) is 11.1 Å². The van der Waals surface area contributed by atoms with Crippen LogP contribution < -0.4 is 0 Å². The summed E-state index contributed by atoms with van der Waals surface area (Å²) in [5.74, 6) is 0.786. The van der Waals surface area contributed by atoms with Crippen LogP contribution >= 0.6 is 12.2 Å². The van der Waals surface area contributed by atoms with Crippen LogP contribution in [-0.2, 0) is 0 Å². The minimum Gasteiger partial charge on any atom is -0.507 e. The van der Waals surface area contributed by atoms with Crippen LogP contribution in [0.2, 0.25) is 0 Å². The number of aromatic amines is 1. The standard InChI is InChI=1S/C20H16N4OS/c1-13-5-4-7-15(11-13)19-22-23-20(26)24(19)21-12-17-16-8-3-2-6-14(16)9-10-18(17)25/h2-12,25H,1H3,(H,23,26)/b21-12-. The molecule has 0 saturated carbocycles. The second-order valence-corrected chi connectivity index (χ2v) is 6.38. The molecule has 6 heteroatoms. The van der Waals surface area contributed by atoms with Gasteiger partial charge in [0.05, 0.1) is 6.21 Å². The zero-order valence-corrected chi connectivity index (χ0v) is 14.9. The Morgan fingerprint density at radius 3 is 2.81 bits per heavy atom. The van der Waals surface area contributed by atoms with Gasteiger partial charge in [0.25, 0.3) is 0 Å². The van der Waals surface area contributed by atoms with E-state index in [1.54, 1.807) is 17.0 Å². The zero-order valence-electron chi connectivity index (χ0n) is 14.0. The topological polar surface area (TPSA) is 66.2 Å². The molecule has 4 aromatic rings. The van der Waals surface area contributed by atoms with E-state index in [9.17, 15) is 5.11 Å². The predicted octanol–water partition coefficient (Wildman–Crippen LogP) is 4.66. The highest BCUT2D eigenvalue weighted by Gasteiger charge is 2.09. The molecule has 0 spiro atoms. The lowest BCUT2D eigenvalue weighted by atomic mass is 10.0. The van der Waals surface area contributed by atoms with Gasteiger partial charge in [0.15, 0.2) is 5.82 Å². The van der Waals surface area contributed by atoms with Crippen LogP contribution in [0.4, 0.5) is 0 Å². The van der Waals surface area contributed by atoms with E-state index < -0.39 is 0 Å². The Kier molecular flexibility index (Phi) is 4.10. The van der Waals surface area contributed by atoms with Gasteiger partial charge in [-0.25, -0.2) is 5.10 Å². The number of hydrogen-bond donors (Lipinski definition) is 2. The first-order valence-corrected chi connectivity index (χ1v) is 8.54. The van der Waals surface area contributed by atoms with E-state index in [0.29, 0.717) is 16.2 Å². The van der Waals surface area contributed by atoms with E-state index in [-0.39, 0.29) is 5.75 Å². The summed E-state index contributed by atoms with van der Waals surface area (Å²) in [6.45, 7) is 2.02. The summed E-state index contributed by atoms with van der Waals surface area (Å²) >= 11 is 5.32. The van der Waals surface area contributed by atoms with E-state index >= 15 is 0 Å². The monoisotopic (exact) mass is 360 g/mol. The number of aromatic hydroxyl groups is 1. The van der Waals surface area contributed by atoms with Crippen molar-refractivity contribution in [2.24, 2.45) is 5.10 Å². The second kappa shape index (κ2) is 6.57. The molecule has 0 radical (unpaired) electrons. The van der Waals surface area contributed by atoms with E-state index in [4.69, 9.17) is 12.2 Å². The van der Waals surface area contributed by atoms with Crippen molar-refractivity contribution in [2.45, 2.75) is 6.92 Å². The molecule has 0 aliphatic carbocycles. The second-order valence-electron chi connectivity index (χ2n) is 6.00. The van der Waals surface area contributed by atoms with Crippen molar-refractivity contribution in [3.8, 4) is 17.1 Å². The van der Waals surface area contributed by atoms with Crippen LogP contribution in [0.25, 0.3) is 22.2 Å². The molecule has 0 atom stereocenters. The average molecular weight is 360 g/mol. The Morgan fingerprint density at radius 2 is 1.96 bits per heavy atom. The first-order valence-electron chi connectivity index (χ1n) is 8.13. The zero-order chi connectivity index (χ0) is 18.1. The molecule has 4 rings (SSSR count). The van der Waals surface area contributed by atoms with Crippen molar-refractivity contribution < 1.29 is 5.11 Å². The molecule has 0 fully saturated rings. The van der Waals surface area contributed by atoms with Gasteiger partial charge in [-0.2, -0.15) is 14.9 Å². The van der Waals surface area contributed by atoms with Gasteiger partial charge in [-0.3, -0.25) is 0 Å². The Hall–Kier alpha value is -3.25. The SMILES string of the molecule is Cc1cccc(-c2n[nH]c(=S)n2/N=C\c2c(O)ccc3ccccc23)c1. The van der Waals surface area contributed by atoms with E-state index in [2.05, 4.69) is 15.3 Å². The normalized spacial score (nSPS) is 11.4. The Morgan fingerprint density at radius 1 is 1.12 bits per heavy atom. The third-order valence-corrected chi connectivity index (χ3v) is 4.44. The summed E-state index contributed by atoms with van der Waals surface area (Å²) in [5.41, 5.74) is 2.68. The third kappa shape index (κ3) is 2.91. The first-order chi connectivity index (χ1) is 12.6. The molecule has 0 bridgehead atoms. The number of nitrogens with one attached hydrogen (secondary N) is 1. The molecule has 0 aliphatic rings. The summed E-state index contributed by atoms with van der Waals surface area (Å²) in [6.07, 6.45) is 1.61. The van der Waals surface area contributed by atoms with Crippen molar-refractivity contribution in [1.82, 2.24) is 14.9 Å². The number of hydrogen-bond acceptors (Lipinski definition) is 4. The van der Waals surface area contributed by atoms with Crippen molar-refractivity contribution in [2.75, 3.05) is 0 Å². The molecule has 2 N–H and O–H groups in total. The van der Waals surface area contributed by atoms with E-state index in [0.717, 1.165) is 21.9 Å². The van der Waals surface area contributed by atoms with Gasteiger partial charge in [-0.05, 0) is 42.0 Å². The van der Waals surface area contributed by atoms with Crippen molar-refractivity contribution in [3.63, 3.8) is 0 Å². The summed E-state index contributed by atoms with van der Waals surface area (Å²) in [7, 11) is 0. The number of aromatic nitrogens is 3. The fourth-order valence-corrected chi connectivity index (χ4v) is 3.08. The Labute approximate surface area is 155 Å². The minimum atomic E-state index is 0.166. The minimum absolute atomic E-state index is 0.166. The average Bonchev–Trinajstić information content (AvgIpc) is 3.01. The first kappa shape index (κ1) is 16.2. The number of benzene rings is 3. The number of phenols is 1. The maximum Gasteiger partial charge on any atom is 0.216 e. The van der Waals surface area contributed by atoms with Crippen LogP contribution in [-0.4, -0.2) is 26.2 Å². The van der Waals surface area contributed by atoms with Crippen LogP contribution in [0.3, 0.4) is 0 Å². The maximum atomic E-state index is 10.3. The van der Waals surface area contributed by atoms with E-state index in [1.165, 1.54) is 0 Å². The van der Waals surface area contributed by atoms with Gasteiger partial charge in [0.1, 0.15) is 5.75 Å². The van der Waals surface area contributed by atoms with E-state index in [1.807, 2.05) is 61.5 Å². The molecule has 1 heterocycles. The molecule has 3 aromatic carbocycles. The van der Waals surface area contributed by atoms with Gasteiger partial charge in [-0.1, -0.05) is 54.1 Å². The summed E-state index contributed by atoms with van der Waals surface area (Å²) in [5, 5.41) is 23.8. The van der Waals surface area contributed by atoms with Crippen LogP contribution in [0, 0.1) is 11.7 Å². The van der Waals surface area contributed by atoms with Crippen LogP contribution in [0.15, 0.2) is 65.8 Å². The fourth-order valence-electron chi connectivity index (χ4n) is 2.91. The molecule has 26 heavy (non-hydrogen) atoms. The largest absolute Gasteiger partial charge is 0.507 e. The van der Waals surface area contributed by atoms with Crippen molar-refractivity contribution in [3.05, 3.63) is 76.6 Å². The quantitative estimate of drug-likeness (QED) is 0.413. The summed E-state index contributed by atoms with van der Waals surface area (Å²) in [6, 6.07) is 19.3. The lowest BCUT2D eigenvalue weighted by Gasteiger charge is -2.05. The molecule has 0 aliphatic heterocycles. The number of phenolic OH excluding ortho intramolecular Hbond substituents is 1. The molecular weight excluding hydrogens is 344 g/mol. The highest BCUT2D eigenvalue weighted by molar-refractivity contribution is 7.71. The number of nitrogens with zero attached hydrogens (tertiary/aromatic N) is 3. The molecular formula is C20H16N4OS. The fraction of sp³-hybridized carbons (Fsp3) is 0.0500. The van der Waals surface area contributed by atoms with Crippen molar-refractivity contribution >= 4 is 29.2 Å². The molecule has 0 amide bonds. The number of fused-ring (bicyclic) bond motifs is 1. The smallest absolute Gasteiger partial charge is 0.216 e. The van der Waals surface area contributed by atoms with Gasteiger partial charge >= 0.3 is 0 Å². The Bertz CT molecular complexity index is 1190. The van der Waals surface area contributed by atoms with Gasteiger partial charge in [0, 0.05) is 11.1 Å². The van der Waals surface area contributed by atoms with Gasteiger partial charge < -0.3 is 5.11 Å². The third-order valence-electron chi connectivity index (χ3n) is 4.18. The number of rotatable bonds is 3. The predicted molar refractivity (Wildman–Crippen MR) is 106 cm³/mol. The summed E-state index contributed by atoms with van der Waals surface area (Å²) in [4.78, 5) is 0. The maximum absolute atomic E-state index is 10.3. The summed E-state index contributed by atoms with van der Waals surface area (Å²) < 4.78 is 1.95. The van der Waals surface area contributed by atoms with Gasteiger partial charge in [0.2, 0.25) is 4.77 Å². The molecule has 1 aromatic heterocycles. The molecule has 128 valence electrons. The molecule has 5 nitrogen and oxygen atoms in total. The number of H-pyrrole nitrogens is 1. The lowest BCUT2D eigenvalue weighted by Crippen LogP contribution is -1.96. The molecule has 0 unspecified atom stereocenters.